The molecular weight excluding hydrogens is 447 g/mol. The lowest BCUT2D eigenvalue weighted by molar-refractivity contribution is -0.433. The van der Waals surface area contributed by atoms with Gasteiger partial charge in [-0.15, -0.1) is 0 Å². The summed E-state index contributed by atoms with van der Waals surface area (Å²) in [5.74, 6) is -32.1. The van der Waals surface area contributed by atoms with Gasteiger partial charge in [-0.05, 0) is 13.0 Å². The smallest absolute Gasteiger partial charge is 0.330 e. The molecule has 0 spiro atoms. The van der Waals surface area contributed by atoms with Crippen molar-refractivity contribution in [1.82, 2.24) is 4.72 Å². The summed E-state index contributed by atoms with van der Waals surface area (Å²) in [7, 11) is -6.94. The second kappa shape index (κ2) is 7.09. The molecule has 0 rings (SSSR count). The molecule has 0 aromatic carbocycles. The van der Waals surface area contributed by atoms with E-state index >= 15 is 0 Å². The number of sulfonamides is 1. The second-order valence-corrected chi connectivity index (χ2v) is 6.66. The highest BCUT2D eigenvalue weighted by molar-refractivity contribution is 7.90. The molecule has 0 bridgehead atoms. The maximum absolute atomic E-state index is 13.3. The molecule has 0 aliphatic rings. The standard InChI is InChI=1S/C9H9F13N2O2S/c10-4(11,6(14,15)8(18,19)20)5(12,13)7(16,17)9(21,22)27(25,26)24-3-1-2-23/h24H,1-3,23H2. The van der Waals surface area contributed by atoms with E-state index in [1.54, 1.807) is 0 Å². The van der Waals surface area contributed by atoms with Gasteiger partial charge in [-0.25, -0.2) is 13.1 Å². The summed E-state index contributed by atoms with van der Waals surface area (Å²) in [4.78, 5) is 0. The molecule has 0 radical (unpaired) electrons. The van der Waals surface area contributed by atoms with E-state index in [4.69, 9.17) is 5.73 Å². The summed E-state index contributed by atoms with van der Waals surface area (Å²) < 4.78 is 189. The average Bonchev–Trinajstić information content (AvgIpc) is 2.45. The van der Waals surface area contributed by atoms with E-state index in [0.717, 1.165) is 0 Å². The molecule has 0 unspecified atom stereocenters. The molecule has 0 aliphatic carbocycles. The Labute approximate surface area is 141 Å². The van der Waals surface area contributed by atoms with Gasteiger partial charge < -0.3 is 5.73 Å². The molecule has 0 saturated carbocycles. The van der Waals surface area contributed by atoms with Crippen molar-refractivity contribution in [3.05, 3.63) is 0 Å². The van der Waals surface area contributed by atoms with Crippen LogP contribution in [-0.4, -0.2) is 56.6 Å². The zero-order valence-corrected chi connectivity index (χ0v) is 13.2. The predicted octanol–water partition coefficient (Wildman–Crippen LogP) is 2.95. The van der Waals surface area contributed by atoms with E-state index < -0.39 is 64.7 Å². The first-order chi connectivity index (χ1) is 11.6. The summed E-state index contributed by atoms with van der Waals surface area (Å²) in [5.41, 5.74) is 4.79. The van der Waals surface area contributed by atoms with Gasteiger partial charge in [-0.2, -0.15) is 57.1 Å². The third-order valence-electron chi connectivity index (χ3n) is 2.92. The van der Waals surface area contributed by atoms with Crippen molar-refractivity contribution >= 4 is 10.0 Å². The Hall–Kier alpha value is -1.04. The first-order valence-electron chi connectivity index (χ1n) is 6.21. The summed E-state index contributed by atoms with van der Waals surface area (Å²) in [5, 5.41) is -7.22. The highest BCUT2D eigenvalue weighted by Crippen LogP contribution is 2.60. The van der Waals surface area contributed by atoms with Crippen molar-refractivity contribution < 1.29 is 65.5 Å². The molecule has 0 amide bonds. The van der Waals surface area contributed by atoms with Crippen LogP contribution in [0.3, 0.4) is 0 Å². The zero-order chi connectivity index (χ0) is 22.3. The Balaban J connectivity index is 6.31. The van der Waals surface area contributed by atoms with Crippen LogP contribution >= 0.6 is 0 Å². The third kappa shape index (κ3) is 3.79. The Bertz CT molecular complexity index is 628. The third-order valence-corrected chi connectivity index (χ3v) is 4.43. The largest absolute Gasteiger partial charge is 0.460 e. The Morgan fingerprint density at radius 3 is 1.37 bits per heavy atom. The zero-order valence-electron chi connectivity index (χ0n) is 12.3. The van der Waals surface area contributed by atoms with Crippen LogP contribution in [0.15, 0.2) is 0 Å². The molecular formula is C9H9F13N2O2S. The Morgan fingerprint density at radius 1 is 0.667 bits per heavy atom. The summed E-state index contributed by atoms with van der Waals surface area (Å²) >= 11 is 0. The molecule has 0 saturated heterocycles. The first kappa shape index (κ1) is 26.0. The van der Waals surface area contributed by atoms with Gasteiger partial charge in [0.25, 0.3) is 10.0 Å². The molecule has 0 aliphatic heterocycles. The molecule has 4 nitrogen and oxygen atoms in total. The number of nitrogens with one attached hydrogen (secondary N) is 1. The molecule has 3 N–H and O–H groups in total. The van der Waals surface area contributed by atoms with Gasteiger partial charge in [0.1, 0.15) is 0 Å². The summed E-state index contributed by atoms with van der Waals surface area (Å²) in [6.07, 6.45) is -8.11. The fourth-order valence-corrected chi connectivity index (χ4v) is 2.38. The topological polar surface area (TPSA) is 72.2 Å². The number of halogens is 13. The lowest BCUT2D eigenvalue weighted by Crippen LogP contribution is -2.71. The molecule has 0 aromatic heterocycles. The number of nitrogens with two attached hydrogens (primary N) is 1. The van der Waals surface area contributed by atoms with Crippen LogP contribution in [0.2, 0.25) is 0 Å². The molecule has 0 aromatic rings. The van der Waals surface area contributed by atoms with E-state index in [0.29, 0.717) is 4.72 Å². The van der Waals surface area contributed by atoms with Crippen molar-refractivity contribution in [2.75, 3.05) is 13.1 Å². The summed E-state index contributed by atoms with van der Waals surface area (Å²) in [6.45, 7) is -1.64. The molecule has 27 heavy (non-hydrogen) atoms. The van der Waals surface area contributed by atoms with Crippen LogP contribution in [0.4, 0.5) is 57.1 Å². The SMILES string of the molecule is NCCCNS(=O)(=O)C(F)(F)C(F)(F)C(F)(F)C(F)(F)C(F)(F)C(F)(F)F. The normalized spacial score (nSPS) is 15.9. The van der Waals surface area contributed by atoms with E-state index in [9.17, 15) is 65.5 Å². The lowest BCUT2D eigenvalue weighted by Gasteiger charge is -2.39. The highest BCUT2D eigenvalue weighted by Gasteiger charge is 2.92. The second-order valence-electron chi connectivity index (χ2n) is 4.85. The maximum atomic E-state index is 13.3. The Morgan fingerprint density at radius 2 is 1.04 bits per heavy atom. The van der Waals surface area contributed by atoms with Gasteiger partial charge in [0, 0.05) is 6.54 Å². The number of hydrogen-bond acceptors (Lipinski definition) is 3. The number of alkyl halides is 13. The van der Waals surface area contributed by atoms with Crippen molar-refractivity contribution in [2.45, 2.75) is 41.5 Å². The number of rotatable bonds is 9. The Kier molecular flexibility index (Phi) is 6.82. The average molecular weight is 456 g/mol. The number of hydrogen-bond donors (Lipinski definition) is 2. The minimum absolute atomic E-state index is 0.448. The van der Waals surface area contributed by atoms with Crippen molar-refractivity contribution in [1.29, 1.82) is 0 Å². The van der Waals surface area contributed by atoms with E-state index in [2.05, 4.69) is 0 Å². The van der Waals surface area contributed by atoms with Gasteiger partial charge in [-0.1, -0.05) is 0 Å². The quantitative estimate of drug-likeness (QED) is 0.414. The fraction of sp³-hybridized carbons (Fsp3) is 1.00. The van der Waals surface area contributed by atoms with Crippen molar-refractivity contribution in [3.8, 4) is 0 Å². The minimum Gasteiger partial charge on any atom is -0.330 e. The summed E-state index contributed by atoms with van der Waals surface area (Å²) in [6, 6.07) is 0. The van der Waals surface area contributed by atoms with Gasteiger partial charge in [0.2, 0.25) is 0 Å². The monoisotopic (exact) mass is 456 g/mol. The van der Waals surface area contributed by atoms with Crippen LogP contribution < -0.4 is 10.5 Å². The maximum Gasteiger partial charge on any atom is 0.460 e. The van der Waals surface area contributed by atoms with Gasteiger partial charge in [-0.3, -0.25) is 0 Å². The fourth-order valence-electron chi connectivity index (χ4n) is 1.32. The predicted molar refractivity (Wildman–Crippen MR) is 61.4 cm³/mol. The van der Waals surface area contributed by atoms with Crippen LogP contribution in [-0.2, 0) is 10.0 Å². The highest BCUT2D eigenvalue weighted by atomic mass is 32.2. The van der Waals surface area contributed by atoms with Gasteiger partial charge in [0.15, 0.2) is 0 Å². The lowest BCUT2D eigenvalue weighted by atomic mass is 9.98. The van der Waals surface area contributed by atoms with Crippen LogP contribution in [0.5, 0.6) is 0 Å². The van der Waals surface area contributed by atoms with Crippen LogP contribution in [0.1, 0.15) is 6.42 Å². The van der Waals surface area contributed by atoms with E-state index in [-0.39, 0.29) is 0 Å². The molecule has 0 atom stereocenters. The van der Waals surface area contributed by atoms with Gasteiger partial charge >= 0.3 is 35.1 Å². The van der Waals surface area contributed by atoms with Crippen LogP contribution in [0, 0.1) is 0 Å². The first-order valence-corrected chi connectivity index (χ1v) is 7.69. The van der Waals surface area contributed by atoms with Crippen LogP contribution in [0.25, 0.3) is 0 Å². The molecule has 0 fully saturated rings. The van der Waals surface area contributed by atoms with E-state index in [1.165, 1.54) is 0 Å². The van der Waals surface area contributed by atoms with E-state index in [1.807, 2.05) is 0 Å². The van der Waals surface area contributed by atoms with Crippen molar-refractivity contribution in [3.63, 3.8) is 0 Å². The van der Waals surface area contributed by atoms with Crippen molar-refractivity contribution in [2.24, 2.45) is 5.73 Å². The molecule has 0 heterocycles. The van der Waals surface area contributed by atoms with Gasteiger partial charge in [0.05, 0.1) is 0 Å². The molecule has 18 heteroatoms. The molecule has 164 valence electrons. The minimum atomic E-state index is -8.16.